The molecule has 0 bridgehead atoms. The normalized spacial score (nSPS) is 17.3. The first-order valence-corrected chi connectivity index (χ1v) is 10.2. The number of aromatic hydroxyl groups is 1. The summed E-state index contributed by atoms with van der Waals surface area (Å²) in [4.78, 5) is 27.6. The number of para-hydroxylation sites is 2. The molecule has 0 radical (unpaired) electrons. The highest BCUT2D eigenvalue weighted by molar-refractivity contribution is 6.52. The summed E-state index contributed by atoms with van der Waals surface area (Å²) < 4.78 is 10.6. The van der Waals surface area contributed by atoms with E-state index in [1.165, 1.54) is 25.2 Å². The standard InChI is InChI=1S/C26H23NO6/c1-15-8-13-21(33-3)18(14-15)24(29)22-23(16-9-11-17(32-2)12-10-16)27(26(31)25(22)30)19-6-4-5-7-20(19)28/h4-14,23,28-29H,1-3H3/b24-22+. The average Bonchev–Trinajstić information content (AvgIpc) is 3.09. The first kappa shape index (κ1) is 22.0. The van der Waals surface area contributed by atoms with E-state index in [1.807, 2.05) is 13.0 Å². The zero-order valence-corrected chi connectivity index (χ0v) is 18.4. The molecule has 7 heteroatoms. The number of rotatable bonds is 5. The number of benzene rings is 3. The number of carbonyl (C=O) groups excluding carboxylic acids is 2. The molecule has 1 fully saturated rings. The van der Waals surface area contributed by atoms with E-state index >= 15 is 0 Å². The van der Waals surface area contributed by atoms with Crippen LogP contribution in [0.2, 0.25) is 0 Å². The van der Waals surface area contributed by atoms with Gasteiger partial charge in [0.1, 0.15) is 23.0 Å². The van der Waals surface area contributed by atoms with E-state index < -0.39 is 17.7 Å². The summed E-state index contributed by atoms with van der Waals surface area (Å²) in [6, 6.07) is 17.3. The maximum absolute atomic E-state index is 13.3. The number of ketones is 1. The van der Waals surface area contributed by atoms with Crippen molar-refractivity contribution in [1.82, 2.24) is 0 Å². The Labute approximate surface area is 191 Å². The third kappa shape index (κ3) is 3.78. The van der Waals surface area contributed by atoms with Gasteiger partial charge in [0.15, 0.2) is 0 Å². The fourth-order valence-corrected chi connectivity index (χ4v) is 4.00. The van der Waals surface area contributed by atoms with Crippen LogP contribution in [0.3, 0.4) is 0 Å². The lowest BCUT2D eigenvalue weighted by Crippen LogP contribution is -2.29. The van der Waals surface area contributed by atoms with Gasteiger partial charge in [0.05, 0.1) is 37.1 Å². The summed E-state index contributed by atoms with van der Waals surface area (Å²) in [5, 5.41) is 21.8. The first-order chi connectivity index (χ1) is 15.9. The number of aliphatic hydroxyl groups is 1. The minimum atomic E-state index is -0.977. The fourth-order valence-electron chi connectivity index (χ4n) is 4.00. The molecule has 1 aliphatic rings. The van der Waals surface area contributed by atoms with Crippen molar-refractivity contribution in [1.29, 1.82) is 0 Å². The van der Waals surface area contributed by atoms with Gasteiger partial charge < -0.3 is 19.7 Å². The molecule has 3 aromatic carbocycles. The van der Waals surface area contributed by atoms with Crippen LogP contribution < -0.4 is 14.4 Å². The molecule has 4 rings (SSSR count). The highest BCUT2D eigenvalue weighted by atomic mass is 16.5. The summed E-state index contributed by atoms with van der Waals surface area (Å²) >= 11 is 0. The van der Waals surface area contributed by atoms with E-state index in [-0.39, 0.29) is 22.8 Å². The molecular formula is C26H23NO6. The van der Waals surface area contributed by atoms with E-state index in [0.717, 1.165) is 5.56 Å². The van der Waals surface area contributed by atoms with Crippen LogP contribution in [0.25, 0.3) is 5.76 Å². The quantitative estimate of drug-likeness (QED) is 0.345. The zero-order valence-electron chi connectivity index (χ0n) is 18.4. The molecule has 0 saturated carbocycles. The molecule has 1 amide bonds. The van der Waals surface area contributed by atoms with E-state index in [1.54, 1.807) is 54.6 Å². The average molecular weight is 445 g/mol. The molecule has 168 valence electrons. The second-order valence-electron chi connectivity index (χ2n) is 7.63. The van der Waals surface area contributed by atoms with Gasteiger partial charge in [0, 0.05) is 0 Å². The molecule has 0 spiro atoms. The molecule has 0 aromatic heterocycles. The molecule has 3 aromatic rings. The van der Waals surface area contributed by atoms with Crippen LogP contribution in [0.5, 0.6) is 17.2 Å². The van der Waals surface area contributed by atoms with E-state index in [0.29, 0.717) is 22.6 Å². The number of anilines is 1. The van der Waals surface area contributed by atoms with Crippen LogP contribution in [0.4, 0.5) is 5.69 Å². The Kier molecular flexibility index (Phi) is 5.79. The number of phenols is 1. The third-order valence-electron chi connectivity index (χ3n) is 5.63. The number of Topliss-reactive ketones (excluding diaryl/α,β-unsaturated/α-hetero) is 1. The number of ether oxygens (including phenoxy) is 2. The summed E-state index contributed by atoms with van der Waals surface area (Å²) in [5.74, 6) is -1.27. The molecule has 33 heavy (non-hydrogen) atoms. The smallest absolute Gasteiger partial charge is 0.300 e. The second-order valence-corrected chi connectivity index (χ2v) is 7.63. The van der Waals surface area contributed by atoms with Gasteiger partial charge in [-0.05, 0) is 48.9 Å². The van der Waals surface area contributed by atoms with Gasteiger partial charge in [-0.1, -0.05) is 35.9 Å². The minimum Gasteiger partial charge on any atom is -0.507 e. The SMILES string of the molecule is COc1ccc(C2/C(=C(\O)c3cc(C)ccc3OC)C(=O)C(=O)N2c2ccccc2O)cc1. The first-order valence-electron chi connectivity index (χ1n) is 10.2. The van der Waals surface area contributed by atoms with Crippen LogP contribution in [-0.2, 0) is 9.59 Å². The molecule has 1 saturated heterocycles. The van der Waals surface area contributed by atoms with Crippen molar-refractivity contribution in [2.45, 2.75) is 13.0 Å². The summed E-state index contributed by atoms with van der Waals surface area (Å²) in [5.41, 5.74) is 1.76. The molecule has 1 aliphatic heterocycles. The number of amides is 1. The van der Waals surface area contributed by atoms with Gasteiger partial charge in [-0.3, -0.25) is 14.5 Å². The van der Waals surface area contributed by atoms with Crippen molar-refractivity contribution in [3.63, 3.8) is 0 Å². The predicted octanol–water partition coefficient (Wildman–Crippen LogP) is 4.34. The van der Waals surface area contributed by atoms with Crippen molar-refractivity contribution in [2.24, 2.45) is 0 Å². The van der Waals surface area contributed by atoms with E-state index in [4.69, 9.17) is 9.47 Å². The molecule has 7 nitrogen and oxygen atoms in total. The Hall–Kier alpha value is -4.26. The minimum absolute atomic E-state index is 0.0997. The zero-order chi connectivity index (χ0) is 23.7. The molecule has 1 unspecified atom stereocenters. The Morgan fingerprint density at radius 3 is 2.27 bits per heavy atom. The number of carbonyl (C=O) groups is 2. The molecule has 0 aliphatic carbocycles. The van der Waals surface area contributed by atoms with Crippen molar-refractivity contribution in [3.05, 3.63) is 89.0 Å². The van der Waals surface area contributed by atoms with Crippen LogP contribution >= 0.6 is 0 Å². The summed E-state index contributed by atoms with van der Waals surface area (Å²) in [6.45, 7) is 1.85. The Bertz CT molecular complexity index is 1260. The summed E-state index contributed by atoms with van der Waals surface area (Å²) in [6.07, 6.45) is 0. The van der Waals surface area contributed by atoms with Crippen LogP contribution in [0, 0.1) is 6.92 Å². The van der Waals surface area contributed by atoms with Gasteiger partial charge in [0.25, 0.3) is 11.7 Å². The summed E-state index contributed by atoms with van der Waals surface area (Å²) in [7, 11) is 3.00. The number of phenolic OH excluding ortho intramolecular Hbond substituents is 1. The van der Waals surface area contributed by atoms with Gasteiger partial charge >= 0.3 is 0 Å². The highest BCUT2D eigenvalue weighted by Crippen LogP contribution is 2.45. The van der Waals surface area contributed by atoms with Crippen LogP contribution in [0.1, 0.15) is 22.7 Å². The number of methoxy groups -OCH3 is 2. The lowest BCUT2D eigenvalue weighted by Gasteiger charge is -2.26. The maximum Gasteiger partial charge on any atom is 0.300 e. The topological polar surface area (TPSA) is 96.3 Å². The van der Waals surface area contributed by atoms with Crippen molar-refractivity contribution in [2.75, 3.05) is 19.1 Å². The number of hydrogen-bond acceptors (Lipinski definition) is 6. The second kappa shape index (κ2) is 8.70. The number of nitrogens with zero attached hydrogens (tertiary/aromatic N) is 1. The van der Waals surface area contributed by atoms with Crippen LogP contribution in [0.15, 0.2) is 72.3 Å². The van der Waals surface area contributed by atoms with Crippen molar-refractivity contribution >= 4 is 23.1 Å². The van der Waals surface area contributed by atoms with Crippen molar-refractivity contribution in [3.8, 4) is 17.2 Å². The Morgan fingerprint density at radius 2 is 1.64 bits per heavy atom. The highest BCUT2D eigenvalue weighted by Gasteiger charge is 2.47. The van der Waals surface area contributed by atoms with E-state index in [2.05, 4.69) is 0 Å². The number of aliphatic hydroxyl groups excluding tert-OH is 1. The van der Waals surface area contributed by atoms with Crippen LogP contribution in [-0.4, -0.2) is 36.1 Å². The monoisotopic (exact) mass is 445 g/mol. The molecular weight excluding hydrogens is 422 g/mol. The molecule has 2 N–H and O–H groups in total. The number of hydrogen-bond donors (Lipinski definition) is 2. The fraction of sp³-hybridized carbons (Fsp3) is 0.154. The number of aryl methyl sites for hydroxylation is 1. The van der Waals surface area contributed by atoms with Gasteiger partial charge in [-0.2, -0.15) is 0 Å². The maximum atomic E-state index is 13.3. The largest absolute Gasteiger partial charge is 0.507 e. The molecule has 1 heterocycles. The molecule has 1 atom stereocenters. The third-order valence-corrected chi connectivity index (χ3v) is 5.63. The lowest BCUT2D eigenvalue weighted by molar-refractivity contribution is -0.132. The predicted molar refractivity (Wildman–Crippen MR) is 124 cm³/mol. The Balaban J connectivity index is 1.99. The Morgan fingerprint density at radius 1 is 0.939 bits per heavy atom. The lowest BCUT2D eigenvalue weighted by atomic mass is 9.94. The van der Waals surface area contributed by atoms with Crippen molar-refractivity contribution < 1.29 is 29.3 Å². The van der Waals surface area contributed by atoms with Gasteiger partial charge in [-0.25, -0.2) is 0 Å². The van der Waals surface area contributed by atoms with E-state index in [9.17, 15) is 19.8 Å². The van der Waals surface area contributed by atoms with Gasteiger partial charge in [0.2, 0.25) is 0 Å². The van der Waals surface area contributed by atoms with Gasteiger partial charge in [-0.15, -0.1) is 0 Å².